The fraction of sp³-hybridized carbons (Fsp3) is 0.207. The van der Waals surface area contributed by atoms with Gasteiger partial charge in [0.05, 0.1) is 24.5 Å². The number of carbonyl (C=O) groups excluding carboxylic acids is 1. The molecule has 1 aliphatic heterocycles. The van der Waals surface area contributed by atoms with Gasteiger partial charge in [-0.2, -0.15) is 0 Å². The summed E-state index contributed by atoms with van der Waals surface area (Å²) in [6.45, 7) is 5.72. The van der Waals surface area contributed by atoms with Gasteiger partial charge in [-0.3, -0.25) is 9.78 Å². The number of aromatic nitrogens is 2. The number of ether oxygens (including phenoxy) is 1. The first-order valence-corrected chi connectivity index (χ1v) is 12.5. The molecule has 0 aliphatic carbocycles. The van der Waals surface area contributed by atoms with Crippen molar-refractivity contribution in [3.05, 3.63) is 102 Å². The van der Waals surface area contributed by atoms with Crippen molar-refractivity contribution in [2.24, 2.45) is 0 Å². The summed E-state index contributed by atoms with van der Waals surface area (Å²) < 4.78 is 7.68. The van der Waals surface area contributed by atoms with Crippen LogP contribution in [0.5, 0.6) is 5.75 Å². The quantitative estimate of drug-likeness (QED) is 0.327. The Bertz CT molecular complexity index is 1470. The summed E-state index contributed by atoms with van der Waals surface area (Å²) in [5.74, 6) is 0.400. The number of hydrogen-bond donors (Lipinski definition) is 2. The van der Waals surface area contributed by atoms with E-state index < -0.39 is 0 Å². The largest absolute Gasteiger partial charge is 0.495 e. The van der Waals surface area contributed by atoms with Gasteiger partial charge in [-0.1, -0.05) is 12.1 Å². The number of pyridine rings is 1. The smallest absolute Gasteiger partial charge is 0.221 e. The van der Waals surface area contributed by atoms with Crippen LogP contribution < -0.4 is 20.3 Å². The monoisotopic (exact) mass is 511 g/mol. The average Bonchev–Trinajstić information content (AvgIpc) is 3.50. The van der Waals surface area contributed by atoms with E-state index in [-0.39, 0.29) is 18.0 Å². The highest BCUT2D eigenvalue weighted by atomic mass is 32.1. The van der Waals surface area contributed by atoms with Crippen molar-refractivity contribution in [3.63, 3.8) is 0 Å². The number of anilines is 2. The van der Waals surface area contributed by atoms with Crippen molar-refractivity contribution in [1.82, 2.24) is 14.9 Å². The zero-order chi connectivity index (χ0) is 26.1. The molecule has 0 spiro atoms. The van der Waals surface area contributed by atoms with Crippen LogP contribution in [0.1, 0.15) is 41.5 Å². The molecule has 8 heteroatoms. The van der Waals surface area contributed by atoms with Gasteiger partial charge in [0, 0.05) is 36.4 Å². The van der Waals surface area contributed by atoms with E-state index in [0.29, 0.717) is 16.5 Å². The second-order valence-corrected chi connectivity index (χ2v) is 9.52. The summed E-state index contributed by atoms with van der Waals surface area (Å²) >= 11 is 5.90. The number of carbonyl (C=O) groups is 1. The van der Waals surface area contributed by atoms with E-state index in [1.54, 1.807) is 13.3 Å². The molecule has 0 unspecified atom stereocenters. The Labute approximate surface area is 222 Å². The number of nitrogens with zero attached hydrogens (tertiary/aromatic N) is 3. The van der Waals surface area contributed by atoms with Gasteiger partial charge in [0.25, 0.3) is 0 Å². The van der Waals surface area contributed by atoms with E-state index in [9.17, 15) is 4.79 Å². The van der Waals surface area contributed by atoms with Gasteiger partial charge in [0.2, 0.25) is 5.91 Å². The molecule has 2 aromatic heterocycles. The lowest BCUT2D eigenvalue weighted by molar-refractivity contribution is -0.114. The number of amides is 1. The van der Waals surface area contributed by atoms with Gasteiger partial charge in [0.15, 0.2) is 5.11 Å². The molecule has 37 heavy (non-hydrogen) atoms. The number of benzene rings is 2. The van der Waals surface area contributed by atoms with Crippen LogP contribution >= 0.6 is 12.2 Å². The number of hydrogen-bond acceptors (Lipinski definition) is 4. The average molecular weight is 512 g/mol. The maximum atomic E-state index is 11.9. The minimum absolute atomic E-state index is 0.177. The fourth-order valence-corrected chi connectivity index (χ4v) is 5.16. The van der Waals surface area contributed by atoms with Crippen LogP contribution in [0.3, 0.4) is 0 Å². The number of methoxy groups -OCH3 is 1. The van der Waals surface area contributed by atoms with Crippen molar-refractivity contribution < 1.29 is 9.53 Å². The zero-order valence-electron chi connectivity index (χ0n) is 21.2. The topological polar surface area (TPSA) is 71.4 Å². The van der Waals surface area contributed by atoms with Crippen molar-refractivity contribution in [2.75, 3.05) is 17.3 Å². The summed E-state index contributed by atoms with van der Waals surface area (Å²) in [7, 11) is 1.58. The first kappa shape index (κ1) is 24.5. The molecule has 0 radical (unpaired) electrons. The molecular weight excluding hydrogens is 482 g/mol. The van der Waals surface area contributed by atoms with E-state index in [4.69, 9.17) is 17.0 Å². The second kappa shape index (κ2) is 10.1. The fourth-order valence-electron chi connectivity index (χ4n) is 4.81. The molecule has 1 amide bonds. The zero-order valence-corrected chi connectivity index (χ0v) is 22.0. The molecule has 2 N–H and O–H groups in total. The maximum Gasteiger partial charge on any atom is 0.221 e. The highest BCUT2D eigenvalue weighted by Crippen LogP contribution is 2.43. The summed E-state index contributed by atoms with van der Waals surface area (Å²) in [5.41, 5.74) is 6.92. The third kappa shape index (κ3) is 4.68. The van der Waals surface area contributed by atoms with E-state index in [2.05, 4.69) is 75.5 Å². The molecule has 7 nitrogen and oxygen atoms in total. The standard InChI is InChI=1S/C29H29N5O2S/c1-18-10-11-21(16-19(18)2)33-15-7-9-25(33)28-27(23-8-5-6-14-30-23)32-29(37)34(28)22-12-13-26(36-4)24(17-22)31-20(3)35/h5-17,27-28H,1-4H3,(H,31,35)(H,32,37)/t27-,28-/m1/s1. The Morgan fingerprint density at radius 1 is 1.03 bits per heavy atom. The van der Waals surface area contributed by atoms with E-state index >= 15 is 0 Å². The highest BCUT2D eigenvalue weighted by molar-refractivity contribution is 7.80. The predicted octanol–water partition coefficient (Wildman–Crippen LogP) is 5.63. The highest BCUT2D eigenvalue weighted by Gasteiger charge is 2.42. The first-order chi connectivity index (χ1) is 17.9. The Kier molecular flexibility index (Phi) is 6.67. The second-order valence-electron chi connectivity index (χ2n) is 9.13. The molecule has 0 saturated carbocycles. The molecule has 3 heterocycles. The summed E-state index contributed by atoms with van der Waals surface area (Å²) in [6, 6.07) is 21.8. The van der Waals surface area contributed by atoms with Crippen LogP contribution in [0.2, 0.25) is 0 Å². The third-order valence-corrected chi connectivity index (χ3v) is 7.04. The number of rotatable bonds is 6. The molecule has 4 aromatic rings. The Morgan fingerprint density at radius 3 is 2.54 bits per heavy atom. The molecular formula is C29H29N5O2S. The van der Waals surface area contributed by atoms with Gasteiger partial charge in [-0.25, -0.2) is 0 Å². The molecule has 1 fully saturated rings. The molecule has 2 atom stereocenters. The lowest BCUT2D eigenvalue weighted by Crippen LogP contribution is -2.30. The Balaban J connectivity index is 1.67. The number of thiocarbonyl (C=S) groups is 1. The van der Waals surface area contributed by atoms with Crippen molar-refractivity contribution in [3.8, 4) is 11.4 Å². The van der Waals surface area contributed by atoms with Crippen LogP contribution in [0.15, 0.2) is 79.1 Å². The molecule has 0 bridgehead atoms. The molecule has 1 saturated heterocycles. The van der Waals surface area contributed by atoms with Crippen LogP contribution in [-0.2, 0) is 4.79 Å². The predicted molar refractivity (Wildman–Crippen MR) is 150 cm³/mol. The molecule has 5 rings (SSSR count). The summed E-state index contributed by atoms with van der Waals surface area (Å²) in [4.78, 5) is 18.6. The van der Waals surface area contributed by atoms with Crippen LogP contribution in [0.25, 0.3) is 5.69 Å². The van der Waals surface area contributed by atoms with E-state index in [1.807, 2.05) is 36.4 Å². The van der Waals surface area contributed by atoms with Gasteiger partial charge in [-0.15, -0.1) is 0 Å². The van der Waals surface area contributed by atoms with Gasteiger partial charge < -0.3 is 24.8 Å². The maximum absolute atomic E-state index is 11.9. The van der Waals surface area contributed by atoms with Gasteiger partial charge in [0.1, 0.15) is 11.8 Å². The lowest BCUT2D eigenvalue weighted by Gasteiger charge is -2.29. The van der Waals surface area contributed by atoms with Crippen LogP contribution in [0.4, 0.5) is 11.4 Å². The number of nitrogens with one attached hydrogen (secondary N) is 2. The minimum Gasteiger partial charge on any atom is -0.495 e. The minimum atomic E-state index is -0.211. The van der Waals surface area contributed by atoms with Crippen molar-refractivity contribution in [2.45, 2.75) is 32.9 Å². The van der Waals surface area contributed by atoms with Crippen molar-refractivity contribution >= 4 is 34.6 Å². The molecule has 2 aromatic carbocycles. The van der Waals surface area contributed by atoms with E-state index in [0.717, 1.165) is 22.8 Å². The van der Waals surface area contributed by atoms with Gasteiger partial charge in [-0.05, 0) is 91.8 Å². The van der Waals surface area contributed by atoms with Crippen molar-refractivity contribution in [1.29, 1.82) is 0 Å². The third-order valence-electron chi connectivity index (χ3n) is 6.72. The summed E-state index contributed by atoms with van der Waals surface area (Å²) in [6.07, 6.45) is 3.87. The Hall–Kier alpha value is -4.17. The molecule has 188 valence electrons. The molecule has 1 aliphatic rings. The van der Waals surface area contributed by atoms with Crippen LogP contribution in [-0.4, -0.2) is 27.7 Å². The first-order valence-electron chi connectivity index (χ1n) is 12.1. The van der Waals surface area contributed by atoms with Gasteiger partial charge >= 0.3 is 0 Å². The normalized spacial score (nSPS) is 17.0. The van der Waals surface area contributed by atoms with Crippen LogP contribution in [0, 0.1) is 13.8 Å². The lowest BCUT2D eigenvalue weighted by atomic mass is 10.0. The summed E-state index contributed by atoms with van der Waals surface area (Å²) in [5, 5.41) is 6.96. The van der Waals surface area contributed by atoms with E-state index in [1.165, 1.54) is 18.1 Å². The number of aryl methyl sites for hydroxylation is 2. The Morgan fingerprint density at radius 2 is 1.84 bits per heavy atom. The SMILES string of the molecule is COc1ccc(N2C(=S)N[C@H](c3ccccn3)[C@H]2c2cccn2-c2ccc(C)c(C)c2)cc1NC(C)=O.